The molecule has 2 rings (SSSR count). The molecule has 0 spiro atoms. The monoisotopic (exact) mass is 487 g/mol. The van der Waals surface area contributed by atoms with Crippen molar-refractivity contribution in [1.82, 2.24) is 10.2 Å². The van der Waals surface area contributed by atoms with Gasteiger partial charge in [-0.25, -0.2) is 8.42 Å². The molecule has 186 valence electrons. The van der Waals surface area contributed by atoms with Crippen LogP contribution in [0.15, 0.2) is 54.6 Å². The number of benzene rings is 2. The molecular formula is C26H37N3O4S. The lowest BCUT2D eigenvalue weighted by atomic mass is 10.1. The average molecular weight is 488 g/mol. The normalized spacial score (nSPS) is 12.1. The van der Waals surface area contributed by atoms with Crippen molar-refractivity contribution in [2.45, 2.75) is 59.0 Å². The molecule has 7 nitrogen and oxygen atoms in total. The van der Waals surface area contributed by atoms with Crippen molar-refractivity contribution in [3.8, 4) is 0 Å². The van der Waals surface area contributed by atoms with Crippen LogP contribution in [0.1, 0.15) is 50.7 Å². The van der Waals surface area contributed by atoms with Crippen LogP contribution in [0.2, 0.25) is 0 Å². The molecule has 1 N–H and O–H groups in total. The first kappa shape index (κ1) is 27.4. The van der Waals surface area contributed by atoms with Gasteiger partial charge in [0.15, 0.2) is 0 Å². The molecule has 0 saturated heterocycles. The van der Waals surface area contributed by atoms with Crippen LogP contribution in [0, 0.1) is 6.92 Å². The van der Waals surface area contributed by atoms with Gasteiger partial charge >= 0.3 is 0 Å². The fourth-order valence-corrected chi connectivity index (χ4v) is 4.74. The fourth-order valence-electron chi connectivity index (χ4n) is 3.77. The minimum atomic E-state index is -3.49. The summed E-state index contributed by atoms with van der Waals surface area (Å²) in [7, 11) is -3.49. The first-order valence-corrected chi connectivity index (χ1v) is 13.7. The standard InChI is InChI=1S/C26H37N3O4S/c1-5-18-27-26(31)24(6-2)28(20-22-16-14-21(3)15-17-22)25(30)13-10-19-29(34(4,32)33)23-11-8-7-9-12-23/h7-9,11-12,14-17,24H,5-6,10,13,18-20H2,1-4H3,(H,27,31)/t24-/m0/s1. The van der Waals surface area contributed by atoms with E-state index in [1.807, 2.05) is 51.1 Å². The lowest BCUT2D eigenvalue weighted by Crippen LogP contribution is -2.49. The molecule has 0 fully saturated rings. The van der Waals surface area contributed by atoms with Gasteiger partial charge in [0.1, 0.15) is 6.04 Å². The summed E-state index contributed by atoms with van der Waals surface area (Å²) < 4.78 is 26.0. The minimum absolute atomic E-state index is 0.141. The quantitative estimate of drug-likeness (QED) is 0.465. The van der Waals surface area contributed by atoms with Crippen molar-refractivity contribution in [3.63, 3.8) is 0 Å². The van der Waals surface area contributed by atoms with E-state index in [4.69, 9.17) is 0 Å². The van der Waals surface area contributed by atoms with E-state index in [1.165, 1.54) is 4.31 Å². The molecule has 0 aliphatic heterocycles. The van der Waals surface area contributed by atoms with Crippen LogP contribution < -0.4 is 9.62 Å². The molecule has 0 aromatic heterocycles. The highest BCUT2D eigenvalue weighted by Crippen LogP contribution is 2.19. The predicted octanol–water partition coefficient (Wildman–Crippen LogP) is 3.87. The van der Waals surface area contributed by atoms with E-state index < -0.39 is 16.1 Å². The van der Waals surface area contributed by atoms with Crippen LogP contribution in [-0.2, 0) is 26.2 Å². The van der Waals surface area contributed by atoms with E-state index >= 15 is 0 Å². The molecule has 1 atom stereocenters. The van der Waals surface area contributed by atoms with E-state index in [-0.39, 0.29) is 24.8 Å². The van der Waals surface area contributed by atoms with Gasteiger partial charge < -0.3 is 10.2 Å². The Labute approximate surface area is 204 Å². The predicted molar refractivity (Wildman–Crippen MR) is 137 cm³/mol. The number of amides is 2. The number of carbonyl (C=O) groups excluding carboxylic acids is 2. The van der Waals surface area contributed by atoms with Crippen LogP contribution in [0.4, 0.5) is 5.69 Å². The third-order valence-corrected chi connectivity index (χ3v) is 6.80. The zero-order valence-corrected chi connectivity index (χ0v) is 21.5. The first-order valence-electron chi connectivity index (χ1n) is 11.8. The first-order chi connectivity index (χ1) is 16.2. The molecule has 34 heavy (non-hydrogen) atoms. The molecule has 0 saturated carbocycles. The Balaban J connectivity index is 2.17. The zero-order valence-electron chi connectivity index (χ0n) is 20.7. The molecule has 2 aromatic carbocycles. The molecule has 0 radical (unpaired) electrons. The van der Waals surface area contributed by atoms with Gasteiger partial charge in [-0.2, -0.15) is 0 Å². The highest BCUT2D eigenvalue weighted by Gasteiger charge is 2.28. The van der Waals surface area contributed by atoms with Gasteiger partial charge in [0.05, 0.1) is 11.9 Å². The average Bonchev–Trinajstić information content (AvgIpc) is 2.81. The number of rotatable bonds is 13. The van der Waals surface area contributed by atoms with E-state index in [0.717, 1.165) is 23.8 Å². The second kappa shape index (κ2) is 13.1. The largest absolute Gasteiger partial charge is 0.354 e. The van der Waals surface area contributed by atoms with Crippen LogP contribution in [0.25, 0.3) is 0 Å². The van der Waals surface area contributed by atoms with Crippen molar-refractivity contribution in [1.29, 1.82) is 0 Å². The summed E-state index contributed by atoms with van der Waals surface area (Å²) in [6.45, 7) is 6.95. The Bertz CT molecular complexity index is 1020. The third kappa shape index (κ3) is 8.17. The van der Waals surface area contributed by atoms with E-state index in [0.29, 0.717) is 31.6 Å². The summed E-state index contributed by atoms with van der Waals surface area (Å²) in [5, 5.41) is 2.91. The van der Waals surface area contributed by atoms with Crippen molar-refractivity contribution < 1.29 is 18.0 Å². The Kier molecular flexibility index (Phi) is 10.6. The van der Waals surface area contributed by atoms with Gasteiger partial charge in [-0.1, -0.05) is 61.9 Å². The maximum Gasteiger partial charge on any atom is 0.242 e. The maximum atomic E-state index is 13.3. The number of para-hydroxylation sites is 1. The maximum absolute atomic E-state index is 13.3. The number of nitrogens with zero attached hydrogens (tertiary/aromatic N) is 2. The van der Waals surface area contributed by atoms with Gasteiger partial charge in [0.25, 0.3) is 0 Å². The highest BCUT2D eigenvalue weighted by molar-refractivity contribution is 7.92. The van der Waals surface area contributed by atoms with Crippen molar-refractivity contribution in [2.75, 3.05) is 23.7 Å². The lowest BCUT2D eigenvalue weighted by molar-refractivity contribution is -0.141. The third-order valence-electron chi connectivity index (χ3n) is 5.61. The number of sulfonamides is 1. The number of hydrogen-bond acceptors (Lipinski definition) is 4. The highest BCUT2D eigenvalue weighted by atomic mass is 32.2. The SMILES string of the molecule is CCCNC(=O)[C@H](CC)N(Cc1ccc(C)cc1)C(=O)CCCN(c1ccccc1)S(C)(=O)=O. The molecule has 2 amide bonds. The van der Waals surface area contributed by atoms with Crippen LogP contribution >= 0.6 is 0 Å². The van der Waals surface area contributed by atoms with Crippen molar-refractivity contribution in [3.05, 3.63) is 65.7 Å². The van der Waals surface area contributed by atoms with Gasteiger partial charge in [-0.05, 0) is 43.9 Å². The van der Waals surface area contributed by atoms with Crippen LogP contribution in [0.5, 0.6) is 0 Å². The van der Waals surface area contributed by atoms with Crippen LogP contribution in [0.3, 0.4) is 0 Å². The number of carbonyl (C=O) groups is 2. The second-order valence-electron chi connectivity index (χ2n) is 8.50. The molecular weight excluding hydrogens is 450 g/mol. The molecule has 8 heteroatoms. The lowest BCUT2D eigenvalue weighted by Gasteiger charge is -2.31. The molecule has 2 aromatic rings. The summed E-state index contributed by atoms with van der Waals surface area (Å²) in [5.74, 6) is -0.326. The smallest absolute Gasteiger partial charge is 0.242 e. The fraction of sp³-hybridized carbons (Fsp3) is 0.462. The summed E-state index contributed by atoms with van der Waals surface area (Å²) >= 11 is 0. The number of hydrogen-bond donors (Lipinski definition) is 1. The molecule has 0 heterocycles. The van der Waals surface area contributed by atoms with E-state index in [9.17, 15) is 18.0 Å². The number of nitrogens with one attached hydrogen (secondary N) is 1. The number of aryl methyl sites for hydroxylation is 1. The Hall–Kier alpha value is -2.87. The summed E-state index contributed by atoms with van der Waals surface area (Å²) in [6.07, 6.45) is 2.96. The van der Waals surface area contributed by atoms with Crippen molar-refractivity contribution >= 4 is 27.5 Å². The Morgan fingerprint density at radius 3 is 2.21 bits per heavy atom. The summed E-state index contributed by atoms with van der Waals surface area (Å²) in [6, 6.07) is 16.2. The molecule has 0 aliphatic rings. The number of anilines is 1. The minimum Gasteiger partial charge on any atom is -0.354 e. The molecule has 0 unspecified atom stereocenters. The Morgan fingerprint density at radius 2 is 1.65 bits per heavy atom. The van der Waals surface area contributed by atoms with Crippen molar-refractivity contribution in [2.24, 2.45) is 0 Å². The summed E-state index contributed by atoms with van der Waals surface area (Å²) in [5.41, 5.74) is 2.64. The topological polar surface area (TPSA) is 86.8 Å². The van der Waals surface area contributed by atoms with Crippen LogP contribution in [-0.4, -0.2) is 50.5 Å². The van der Waals surface area contributed by atoms with Gasteiger partial charge in [0.2, 0.25) is 21.8 Å². The Morgan fingerprint density at radius 1 is 1.00 bits per heavy atom. The molecule has 0 bridgehead atoms. The van der Waals surface area contributed by atoms with E-state index in [1.54, 1.807) is 29.2 Å². The molecule has 0 aliphatic carbocycles. The second-order valence-corrected chi connectivity index (χ2v) is 10.4. The van der Waals surface area contributed by atoms with E-state index in [2.05, 4.69) is 5.32 Å². The zero-order chi connectivity index (χ0) is 25.1. The van der Waals surface area contributed by atoms with Gasteiger partial charge in [0, 0.05) is 26.1 Å². The van der Waals surface area contributed by atoms with Gasteiger partial charge in [-0.3, -0.25) is 13.9 Å². The summed E-state index contributed by atoms with van der Waals surface area (Å²) in [4.78, 5) is 27.8. The van der Waals surface area contributed by atoms with Gasteiger partial charge in [-0.15, -0.1) is 0 Å².